The maximum absolute atomic E-state index is 12.9. The van der Waals surface area contributed by atoms with Crippen molar-refractivity contribution in [3.63, 3.8) is 0 Å². The van der Waals surface area contributed by atoms with Crippen molar-refractivity contribution in [2.75, 3.05) is 18.0 Å². The predicted molar refractivity (Wildman–Crippen MR) is 91.3 cm³/mol. The van der Waals surface area contributed by atoms with Crippen molar-refractivity contribution in [1.29, 1.82) is 0 Å². The first-order chi connectivity index (χ1) is 11.1. The van der Waals surface area contributed by atoms with Crippen LogP contribution in [0, 0.1) is 12.8 Å². The van der Waals surface area contributed by atoms with Crippen LogP contribution in [-0.4, -0.2) is 35.8 Å². The predicted octanol–water partition coefficient (Wildman–Crippen LogP) is 3.14. The fourth-order valence-corrected chi connectivity index (χ4v) is 3.87. The molecule has 2 atom stereocenters. The summed E-state index contributed by atoms with van der Waals surface area (Å²) in [5.41, 5.74) is 2.04. The van der Waals surface area contributed by atoms with E-state index in [0.29, 0.717) is 19.0 Å². The fraction of sp³-hybridized carbons (Fsp3) is 0.579. The van der Waals surface area contributed by atoms with Gasteiger partial charge in [-0.15, -0.1) is 0 Å². The largest absolute Gasteiger partial charge is 0.339 e. The molecule has 0 bridgehead atoms. The molecule has 1 aromatic rings. The summed E-state index contributed by atoms with van der Waals surface area (Å²) in [6.07, 6.45) is 4.75. The quantitative estimate of drug-likeness (QED) is 0.860. The molecular weight excluding hydrogens is 288 g/mol. The Balaban J connectivity index is 1.72. The van der Waals surface area contributed by atoms with E-state index < -0.39 is 0 Å². The number of amides is 2. The first-order valence-electron chi connectivity index (χ1n) is 8.77. The van der Waals surface area contributed by atoms with Gasteiger partial charge in [-0.25, -0.2) is 0 Å². The van der Waals surface area contributed by atoms with Gasteiger partial charge in [-0.05, 0) is 50.3 Å². The van der Waals surface area contributed by atoms with Crippen molar-refractivity contribution in [3.8, 4) is 0 Å². The second-order valence-corrected chi connectivity index (χ2v) is 6.83. The topological polar surface area (TPSA) is 40.6 Å². The van der Waals surface area contributed by atoms with Crippen LogP contribution in [0.1, 0.15) is 44.6 Å². The van der Waals surface area contributed by atoms with Crippen molar-refractivity contribution in [3.05, 3.63) is 29.8 Å². The van der Waals surface area contributed by atoms with Gasteiger partial charge in [-0.3, -0.25) is 9.59 Å². The van der Waals surface area contributed by atoms with Gasteiger partial charge in [0.25, 0.3) is 0 Å². The van der Waals surface area contributed by atoms with Crippen LogP contribution in [0.25, 0.3) is 0 Å². The lowest BCUT2D eigenvalue weighted by Gasteiger charge is -2.36. The second-order valence-electron chi connectivity index (χ2n) is 6.83. The zero-order valence-corrected chi connectivity index (χ0v) is 14.1. The number of piperidine rings is 1. The number of aryl methyl sites for hydroxylation is 1. The van der Waals surface area contributed by atoms with E-state index in [1.54, 1.807) is 4.90 Å². The minimum absolute atomic E-state index is 0.0685. The Morgan fingerprint density at radius 1 is 1.30 bits per heavy atom. The third-order valence-electron chi connectivity index (χ3n) is 5.17. The first kappa shape index (κ1) is 16.0. The van der Waals surface area contributed by atoms with E-state index in [0.717, 1.165) is 37.1 Å². The highest BCUT2D eigenvalue weighted by atomic mass is 16.2. The molecule has 124 valence electrons. The highest BCUT2D eigenvalue weighted by Gasteiger charge is 2.39. The van der Waals surface area contributed by atoms with Gasteiger partial charge in [-0.2, -0.15) is 0 Å². The Labute approximate surface area is 138 Å². The Bertz CT molecular complexity index is 599. The molecule has 2 aliphatic heterocycles. The number of rotatable bonds is 3. The zero-order valence-electron chi connectivity index (χ0n) is 14.1. The van der Waals surface area contributed by atoms with E-state index in [9.17, 15) is 9.59 Å². The molecule has 0 unspecified atom stereocenters. The van der Waals surface area contributed by atoms with Crippen LogP contribution < -0.4 is 4.90 Å². The molecule has 0 saturated carbocycles. The van der Waals surface area contributed by atoms with E-state index in [-0.39, 0.29) is 17.7 Å². The van der Waals surface area contributed by atoms with Crippen molar-refractivity contribution < 1.29 is 9.59 Å². The Morgan fingerprint density at radius 3 is 2.87 bits per heavy atom. The Hall–Kier alpha value is -1.84. The van der Waals surface area contributed by atoms with Gasteiger partial charge in [0, 0.05) is 31.2 Å². The summed E-state index contributed by atoms with van der Waals surface area (Å²) in [6, 6.07) is 8.31. The molecule has 4 nitrogen and oxygen atoms in total. The zero-order chi connectivity index (χ0) is 16.4. The summed E-state index contributed by atoms with van der Waals surface area (Å²) in [5, 5.41) is 0. The average Bonchev–Trinajstić information content (AvgIpc) is 2.96. The van der Waals surface area contributed by atoms with Crippen LogP contribution >= 0.6 is 0 Å². The second kappa shape index (κ2) is 6.73. The maximum atomic E-state index is 12.9. The molecule has 2 amide bonds. The van der Waals surface area contributed by atoms with Gasteiger partial charge in [0.05, 0.1) is 5.92 Å². The molecule has 2 aliphatic rings. The smallest absolute Gasteiger partial charge is 0.228 e. The normalized spacial score (nSPS) is 25.0. The van der Waals surface area contributed by atoms with E-state index in [1.165, 1.54) is 6.42 Å². The highest BCUT2D eigenvalue weighted by Crippen LogP contribution is 2.29. The number of hydrogen-bond donors (Lipinski definition) is 0. The third-order valence-corrected chi connectivity index (χ3v) is 5.17. The molecule has 23 heavy (non-hydrogen) atoms. The average molecular weight is 314 g/mol. The monoisotopic (exact) mass is 314 g/mol. The molecule has 1 aromatic carbocycles. The Morgan fingerprint density at radius 2 is 2.13 bits per heavy atom. The van der Waals surface area contributed by atoms with E-state index in [4.69, 9.17) is 0 Å². The van der Waals surface area contributed by atoms with E-state index in [1.807, 2.05) is 36.1 Å². The van der Waals surface area contributed by atoms with Crippen molar-refractivity contribution in [2.24, 2.45) is 5.92 Å². The lowest BCUT2D eigenvalue weighted by atomic mass is 9.97. The maximum Gasteiger partial charge on any atom is 0.228 e. The molecule has 2 saturated heterocycles. The van der Waals surface area contributed by atoms with Crippen LogP contribution in [0.5, 0.6) is 0 Å². The number of nitrogens with zero attached hydrogens (tertiary/aromatic N) is 2. The van der Waals surface area contributed by atoms with Gasteiger partial charge in [0.2, 0.25) is 11.8 Å². The molecule has 4 heteroatoms. The molecule has 0 radical (unpaired) electrons. The van der Waals surface area contributed by atoms with Crippen LogP contribution in [-0.2, 0) is 9.59 Å². The summed E-state index contributed by atoms with van der Waals surface area (Å²) < 4.78 is 0. The van der Waals surface area contributed by atoms with Crippen molar-refractivity contribution in [1.82, 2.24) is 4.90 Å². The molecule has 0 spiro atoms. The summed E-state index contributed by atoms with van der Waals surface area (Å²) in [6.45, 7) is 5.54. The fourth-order valence-electron chi connectivity index (χ4n) is 3.87. The van der Waals surface area contributed by atoms with Crippen molar-refractivity contribution >= 4 is 17.5 Å². The van der Waals surface area contributed by atoms with Crippen molar-refractivity contribution in [2.45, 2.75) is 52.0 Å². The number of carbonyl (C=O) groups excluding carboxylic acids is 2. The molecule has 2 fully saturated rings. The van der Waals surface area contributed by atoms with Crippen LogP contribution in [0.15, 0.2) is 24.3 Å². The first-order valence-corrected chi connectivity index (χ1v) is 8.77. The standard InChI is InChI=1S/C19H26N2O2/c1-3-16-8-4-5-10-20(16)19(23)15-12-18(22)21(13-15)17-9-6-7-14(2)11-17/h6-7,9,11,15-16H,3-5,8,10,12-13H2,1-2H3/t15-,16-/m1/s1. The number of likely N-dealkylation sites (tertiary alicyclic amines) is 1. The van der Waals surface area contributed by atoms with Crippen LogP contribution in [0.3, 0.4) is 0 Å². The minimum Gasteiger partial charge on any atom is -0.339 e. The Kier molecular flexibility index (Phi) is 4.69. The summed E-state index contributed by atoms with van der Waals surface area (Å²) in [4.78, 5) is 29.1. The van der Waals surface area contributed by atoms with Gasteiger partial charge in [0.1, 0.15) is 0 Å². The molecule has 0 N–H and O–H groups in total. The summed E-state index contributed by atoms with van der Waals surface area (Å²) in [5.74, 6) is 0.0641. The summed E-state index contributed by atoms with van der Waals surface area (Å²) in [7, 11) is 0. The van der Waals surface area contributed by atoms with Gasteiger partial charge < -0.3 is 9.80 Å². The summed E-state index contributed by atoms with van der Waals surface area (Å²) >= 11 is 0. The number of hydrogen-bond acceptors (Lipinski definition) is 2. The molecule has 0 aliphatic carbocycles. The molecule has 3 rings (SSSR count). The lowest BCUT2D eigenvalue weighted by molar-refractivity contribution is -0.139. The van der Waals surface area contributed by atoms with Crippen LogP contribution in [0.2, 0.25) is 0 Å². The molecule has 2 heterocycles. The van der Waals surface area contributed by atoms with E-state index in [2.05, 4.69) is 6.92 Å². The minimum atomic E-state index is -0.185. The lowest BCUT2D eigenvalue weighted by Crippen LogP contribution is -2.46. The molecular formula is C19H26N2O2. The SMILES string of the molecule is CC[C@@H]1CCCCN1C(=O)[C@@H]1CC(=O)N(c2cccc(C)c2)C1. The van der Waals surface area contributed by atoms with Crippen LogP contribution in [0.4, 0.5) is 5.69 Å². The van der Waals surface area contributed by atoms with E-state index >= 15 is 0 Å². The highest BCUT2D eigenvalue weighted by molar-refractivity contribution is 6.00. The molecule has 0 aromatic heterocycles. The third kappa shape index (κ3) is 3.26. The number of benzene rings is 1. The van der Waals surface area contributed by atoms with Gasteiger partial charge in [-0.1, -0.05) is 19.1 Å². The number of anilines is 1. The van der Waals surface area contributed by atoms with Gasteiger partial charge in [0.15, 0.2) is 0 Å². The van der Waals surface area contributed by atoms with Gasteiger partial charge >= 0.3 is 0 Å². The number of carbonyl (C=O) groups is 2.